The van der Waals surface area contributed by atoms with Crippen LogP contribution in [0, 0.1) is 0 Å². The fourth-order valence-corrected chi connectivity index (χ4v) is 15.9. The van der Waals surface area contributed by atoms with E-state index in [1.807, 2.05) is 45.9 Å². The molecule has 0 atom stereocenters. The molecule has 6 heterocycles. The molecule has 9 aromatic carbocycles. The summed E-state index contributed by atoms with van der Waals surface area (Å²) >= 11 is 7.83. The minimum atomic E-state index is 0.165. The highest BCUT2D eigenvalue weighted by Gasteiger charge is 2.41. The average molecular weight is 845 g/mol. The van der Waals surface area contributed by atoms with Gasteiger partial charge in [-0.2, -0.15) is 23.2 Å². The first kappa shape index (κ1) is 33.5. The van der Waals surface area contributed by atoms with Crippen LogP contribution in [-0.4, -0.2) is 14.4 Å². The van der Waals surface area contributed by atoms with Crippen LogP contribution in [-0.2, 0) is 0 Å². The van der Waals surface area contributed by atoms with E-state index in [-0.39, 0.29) is 5.27 Å². The summed E-state index contributed by atoms with van der Waals surface area (Å²) in [7, 11) is 0. The molecule has 4 aromatic heterocycles. The number of fused-ring (bicyclic) bond motifs is 18. The van der Waals surface area contributed by atoms with Crippen molar-refractivity contribution in [3.8, 4) is 33.6 Å². The Kier molecular flexibility index (Phi) is 6.70. The largest absolute Gasteiger partial charge is 0.318 e. The van der Waals surface area contributed by atoms with Gasteiger partial charge >= 0.3 is 5.27 Å². The summed E-state index contributed by atoms with van der Waals surface area (Å²) in [6.45, 7) is 0. The van der Waals surface area contributed by atoms with E-state index in [9.17, 15) is 0 Å². The molecule has 2 aliphatic heterocycles. The number of aromatic nitrogens is 2. The van der Waals surface area contributed by atoms with Gasteiger partial charge in [0.25, 0.3) is 0 Å². The van der Waals surface area contributed by atoms with Crippen LogP contribution in [0.3, 0.4) is 0 Å². The molecule has 0 aliphatic carbocycles. The van der Waals surface area contributed by atoms with Gasteiger partial charge in [-0.3, -0.25) is 0 Å². The second-order valence-electron chi connectivity index (χ2n) is 16.2. The number of hydrogen-bond acceptors (Lipinski definition) is 4. The summed E-state index contributed by atoms with van der Waals surface area (Å²) in [5, 5.41) is 10.6. The third kappa shape index (κ3) is 4.36. The van der Waals surface area contributed by atoms with Gasteiger partial charge in [-0.15, -0.1) is 22.7 Å². The number of rotatable bonds is 2. The summed E-state index contributed by atoms with van der Waals surface area (Å²) in [5.41, 5.74) is 14.2. The average Bonchev–Trinajstić information content (AvgIpc) is 4.06. The highest BCUT2D eigenvalue weighted by atomic mass is 32.2. The zero-order chi connectivity index (χ0) is 39.5. The topological polar surface area (TPSA) is 9.86 Å². The third-order valence-corrected chi connectivity index (χ3v) is 18.1. The Bertz CT molecular complexity index is 3830. The molecule has 0 amide bonds. The molecule has 0 bridgehead atoms. The summed E-state index contributed by atoms with van der Waals surface area (Å²) < 4.78 is 10.6. The monoisotopic (exact) mass is 844 g/mol. The summed E-state index contributed by atoms with van der Waals surface area (Å²) in [5.74, 6) is 0. The molecule has 2 aliphatic rings. The predicted octanol–water partition coefficient (Wildman–Crippen LogP) is 15.9. The van der Waals surface area contributed by atoms with Gasteiger partial charge in [0.2, 0.25) is 0 Å². The summed E-state index contributed by atoms with van der Waals surface area (Å²) in [6, 6.07) is 66.5. The molecule has 0 unspecified atom stereocenters. The van der Waals surface area contributed by atoms with Crippen molar-refractivity contribution in [1.82, 2.24) is 9.13 Å². The Morgan fingerprint density at radius 2 is 0.787 bits per heavy atom. The molecule has 15 rings (SSSR count). The Hall–Kier alpha value is -6.22. The van der Waals surface area contributed by atoms with Gasteiger partial charge < -0.3 is 9.13 Å². The quantitative estimate of drug-likeness (QED) is 0.160. The maximum absolute atomic E-state index is 2.66. The van der Waals surface area contributed by atoms with E-state index in [1.54, 1.807) is 0 Å². The van der Waals surface area contributed by atoms with Crippen molar-refractivity contribution >= 4 is 141 Å². The molecule has 0 N–H and O–H groups in total. The van der Waals surface area contributed by atoms with Crippen LogP contribution in [0.1, 0.15) is 0 Å². The van der Waals surface area contributed by atoms with E-state index in [1.165, 1.54) is 133 Å². The number of nitrogens with zero attached hydrogens (tertiary/aromatic N) is 2. The van der Waals surface area contributed by atoms with E-state index >= 15 is 0 Å². The van der Waals surface area contributed by atoms with Gasteiger partial charge in [0.05, 0.1) is 33.4 Å². The molecule has 61 heavy (non-hydrogen) atoms. The molecular weight excluding hydrogens is 816 g/mol. The first-order valence-corrected chi connectivity index (χ1v) is 24.1. The van der Waals surface area contributed by atoms with Crippen molar-refractivity contribution in [3.05, 3.63) is 176 Å². The Morgan fingerprint density at radius 1 is 0.361 bits per heavy atom. The number of benzene rings is 9. The third-order valence-electron chi connectivity index (χ3n) is 13.2. The Balaban J connectivity index is 1.22. The van der Waals surface area contributed by atoms with Crippen molar-refractivity contribution < 1.29 is 0 Å². The maximum Gasteiger partial charge on any atom is 0.318 e. The van der Waals surface area contributed by atoms with Gasteiger partial charge in [-0.25, -0.2) is 0 Å². The highest BCUT2D eigenvalue weighted by Crippen LogP contribution is 2.55. The highest BCUT2D eigenvalue weighted by molar-refractivity contribution is 8.56. The molecule has 0 saturated heterocycles. The van der Waals surface area contributed by atoms with Crippen molar-refractivity contribution in [2.24, 2.45) is 0 Å². The van der Waals surface area contributed by atoms with E-state index in [4.69, 9.17) is 0 Å². The predicted molar refractivity (Wildman–Crippen MR) is 269 cm³/mol. The van der Waals surface area contributed by atoms with Gasteiger partial charge in [-0.1, -0.05) is 121 Å². The van der Waals surface area contributed by atoms with Crippen LogP contribution in [0.25, 0.3) is 118 Å². The van der Waals surface area contributed by atoms with E-state index < -0.39 is 0 Å². The van der Waals surface area contributed by atoms with Gasteiger partial charge in [0, 0.05) is 82.8 Å². The zero-order valence-corrected chi connectivity index (χ0v) is 35.6. The van der Waals surface area contributed by atoms with Crippen molar-refractivity contribution in [2.45, 2.75) is 9.79 Å². The van der Waals surface area contributed by atoms with Crippen LogP contribution in [0.2, 0.25) is 0 Å². The lowest BCUT2D eigenvalue weighted by Gasteiger charge is -2.35. The first-order chi connectivity index (χ1) is 30.3. The van der Waals surface area contributed by atoms with Crippen LogP contribution in [0.15, 0.2) is 186 Å². The van der Waals surface area contributed by atoms with E-state index in [2.05, 4.69) is 185 Å². The van der Waals surface area contributed by atoms with E-state index in [0.29, 0.717) is 0 Å². The number of para-hydroxylation sites is 2. The normalized spacial score (nSPS) is 13.4. The molecule has 282 valence electrons. The van der Waals surface area contributed by atoms with Crippen molar-refractivity contribution in [2.75, 3.05) is 0 Å². The Labute approximate surface area is 366 Å². The molecule has 0 fully saturated rings. The Morgan fingerprint density at radius 3 is 1.30 bits per heavy atom. The minimum absolute atomic E-state index is 0.165. The second kappa shape index (κ2) is 12.2. The molecule has 0 saturated carbocycles. The molecular formula is C54H29BN2S4. The number of thiophene rings is 2. The van der Waals surface area contributed by atoms with Crippen LogP contribution >= 0.6 is 45.9 Å². The van der Waals surface area contributed by atoms with Gasteiger partial charge in [0.1, 0.15) is 0 Å². The SMILES string of the molecule is c1ccc2c(c1)SB1Sc3ccccc3-c3c(-n4c5ccccc5c5ccc6sc7ccccc7c6c54)cc(-n4c5ccccc5c5ccc6sc7ccccc7c6c54)c-2c31. The zero-order valence-electron chi connectivity index (χ0n) is 32.3. The summed E-state index contributed by atoms with van der Waals surface area (Å²) in [4.78, 5) is 2.67. The summed E-state index contributed by atoms with van der Waals surface area (Å²) in [6.07, 6.45) is 0. The first-order valence-electron chi connectivity index (χ1n) is 20.7. The standard InChI is InChI=1S/C54H29BN2S4/c1-7-19-38-30(13-1)32-25-27-46-50(34-15-3-9-21-42(34)58-46)53(32)56(38)40-29-41(49-37-18-6-12-24-45(37)61-55-52(49)48(40)36-17-5-11-23-44(36)60-55)57-39-20-8-2-14-31(39)33-26-28-47-51(54(33)57)35-16-4-10-22-43(35)59-47/h1-29H. The van der Waals surface area contributed by atoms with Crippen LogP contribution in [0.5, 0.6) is 0 Å². The fourth-order valence-electron chi connectivity index (χ4n) is 10.8. The molecule has 0 spiro atoms. The van der Waals surface area contributed by atoms with Crippen LogP contribution < -0.4 is 5.46 Å². The molecule has 7 heteroatoms. The second-order valence-corrected chi connectivity index (χ2v) is 21.0. The maximum atomic E-state index is 2.66. The fraction of sp³-hybridized carbons (Fsp3) is 0. The molecule has 0 radical (unpaired) electrons. The van der Waals surface area contributed by atoms with Gasteiger partial charge in [-0.05, 0) is 71.2 Å². The lowest BCUT2D eigenvalue weighted by molar-refractivity contribution is 1.14. The van der Waals surface area contributed by atoms with Gasteiger partial charge in [0.15, 0.2) is 0 Å². The number of hydrogen-bond donors (Lipinski definition) is 0. The lowest BCUT2D eigenvalue weighted by atomic mass is 9.75. The van der Waals surface area contributed by atoms with E-state index in [0.717, 1.165) is 0 Å². The van der Waals surface area contributed by atoms with Crippen molar-refractivity contribution in [3.63, 3.8) is 0 Å². The van der Waals surface area contributed by atoms with Crippen LogP contribution in [0.4, 0.5) is 0 Å². The smallest absolute Gasteiger partial charge is 0.308 e. The lowest BCUT2D eigenvalue weighted by Crippen LogP contribution is -2.35. The molecule has 2 nitrogen and oxygen atoms in total. The minimum Gasteiger partial charge on any atom is -0.308 e. The molecule has 13 aromatic rings. The van der Waals surface area contributed by atoms with Crippen molar-refractivity contribution in [1.29, 1.82) is 0 Å².